The fourth-order valence-corrected chi connectivity index (χ4v) is 3.94. The number of morpholine rings is 1. The number of carbonyl (C=O) groups excluding carboxylic acids is 1. The normalized spacial score (nSPS) is 22.4. The number of anilines is 1. The Morgan fingerprint density at radius 3 is 2.77 bits per heavy atom. The SMILES string of the molecule is CN(C)/C=N/C(=O)[C@H]1CC[C@@H](Oc2nc(N3CCOCC3)cc3ncccc23)CC1. The summed E-state index contributed by atoms with van der Waals surface area (Å²) in [6.45, 7) is 3.02. The van der Waals surface area contributed by atoms with Crippen molar-refractivity contribution < 1.29 is 14.3 Å². The summed E-state index contributed by atoms with van der Waals surface area (Å²) in [6, 6.07) is 5.92. The number of carbonyl (C=O) groups is 1. The van der Waals surface area contributed by atoms with Gasteiger partial charge in [0.2, 0.25) is 11.8 Å². The third-order valence-electron chi connectivity index (χ3n) is 5.60. The van der Waals surface area contributed by atoms with E-state index in [1.807, 2.05) is 32.3 Å². The summed E-state index contributed by atoms with van der Waals surface area (Å²) in [5.41, 5.74) is 0.880. The molecular weight excluding hydrogens is 382 g/mol. The molecule has 0 unspecified atom stereocenters. The van der Waals surface area contributed by atoms with Gasteiger partial charge in [-0.15, -0.1) is 0 Å². The number of hydrogen-bond donors (Lipinski definition) is 0. The molecule has 0 bridgehead atoms. The number of hydrogen-bond acceptors (Lipinski definition) is 6. The number of fused-ring (bicyclic) bond motifs is 1. The molecule has 1 saturated carbocycles. The Bertz CT molecular complexity index is 903. The molecule has 2 aliphatic rings. The molecule has 8 heteroatoms. The Balaban J connectivity index is 1.46. The van der Waals surface area contributed by atoms with Crippen molar-refractivity contribution in [3.05, 3.63) is 24.4 Å². The van der Waals surface area contributed by atoms with E-state index in [1.54, 1.807) is 17.4 Å². The van der Waals surface area contributed by atoms with Gasteiger partial charge in [0.25, 0.3) is 0 Å². The van der Waals surface area contributed by atoms with Gasteiger partial charge in [0.1, 0.15) is 11.9 Å². The number of nitrogens with zero attached hydrogens (tertiary/aromatic N) is 5. The molecule has 1 aliphatic carbocycles. The maximum Gasteiger partial charge on any atom is 0.250 e. The van der Waals surface area contributed by atoms with Crippen molar-refractivity contribution in [2.24, 2.45) is 10.9 Å². The quantitative estimate of drug-likeness (QED) is 0.552. The molecule has 0 spiro atoms. The van der Waals surface area contributed by atoms with Gasteiger partial charge in [-0.25, -0.2) is 4.99 Å². The Kier molecular flexibility index (Phi) is 6.42. The van der Waals surface area contributed by atoms with E-state index in [4.69, 9.17) is 14.5 Å². The summed E-state index contributed by atoms with van der Waals surface area (Å²) >= 11 is 0. The van der Waals surface area contributed by atoms with Crippen LogP contribution >= 0.6 is 0 Å². The third kappa shape index (κ3) is 4.87. The lowest BCUT2D eigenvalue weighted by atomic mass is 9.87. The van der Waals surface area contributed by atoms with Crippen molar-refractivity contribution in [2.45, 2.75) is 31.8 Å². The third-order valence-corrected chi connectivity index (χ3v) is 5.60. The van der Waals surface area contributed by atoms with Gasteiger partial charge in [-0.3, -0.25) is 9.78 Å². The molecule has 0 aromatic carbocycles. The number of rotatable bonds is 5. The Morgan fingerprint density at radius 1 is 1.27 bits per heavy atom. The van der Waals surface area contributed by atoms with Crippen LogP contribution in [0.5, 0.6) is 5.88 Å². The van der Waals surface area contributed by atoms with Crippen LogP contribution in [0.1, 0.15) is 25.7 Å². The zero-order valence-corrected chi connectivity index (χ0v) is 17.7. The summed E-state index contributed by atoms with van der Waals surface area (Å²) < 4.78 is 11.8. The van der Waals surface area contributed by atoms with Crippen LogP contribution in [-0.2, 0) is 9.53 Å². The van der Waals surface area contributed by atoms with Gasteiger partial charge in [-0.2, -0.15) is 4.98 Å². The van der Waals surface area contributed by atoms with E-state index in [9.17, 15) is 4.79 Å². The highest BCUT2D eigenvalue weighted by Crippen LogP contribution is 2.32. The molecule has 8 nitrogen and oxygen atoms in total. The highest BCUT2D eigenvalue weighted by atomic mass is 16.5. The second-order valence-electron chi connectivity index (χ2n) is 8.09. The van der Waals surface area contributed by atoms with E-state index in [1.165, 1.54) is 0 Å². The van der Waals surface area contributed by atoms with E-state index in [-0.39, 0.29) is 17.9 Å². The van der Waals surface area contributed by atoms with Gasteiger partial charge < -0.3 is 19.3 Å². The number of aliphatic imine (C=N–C) groups is 1. The zero-order chi connectivity index (χ0) is 20.9. The number of aromatic nitrogens is 2. The van der Waals surface area contributed by atoms with Crippen LogP contribution in [-0.4, -0.2) is 73.6 Å². The topological polar surface area (TPSA) is 80.2 Å². The minimum absolute atomic E-state index is 0.0212. The average Bonchev–Trinajstić information content (AvgIpc) is 2.78. The molecule has 2 aromatic rings. The highest BCUT2D eigenvalue weighted by molar-refractivity contribution is 5.86. The molecule has 160 valence electrons. The monoisotopic (exact) mass is 411 g/mol. The van der Waals surface area contributed by atoms with E-state index in [0.717, 1.165) is 55.5 Å². The maximum atomic E-state index is 12.3. The summed E-state index contributed by atoms with van der Waals surface area (Å²) in [7, 11) is 3.72. The summed E-state index contributed by atoms with van der Waals surface area (Å²) in [6.07, 6.45) is 6.62. The fraction of sp³-hybridized carbons (Fsp3) is 0.545. The predicted octanol–water partition coefficient (Wildman–Crippen LogP) is 2.52. The average molecular weight is 412 g/mol. The number of pyridine rings is 2. The molecule has 30 heavy (non-hydrogen) atoms. The van der Waals surface area contributed by atoms with Crippen LogP contribution in [0.15, 0.2) is 29.4 Å². The number of ether oxygens (including phenoxy) is 2. The standard InChI is InChI=1S/C22H29N5O3/c1-26(2)15-24-21(28)16-5-7-17(8-6-16)30-22-18-4-3-9-23-19(18)14-20(25-22)27-10-12-29-13-11-27/h3-4,9,14-17H,5-8,10-13H2,1-2H3/b24-15+/t16-,17+. The van der Waals surface area contributed by atoms with Crippen molar-refractivity contribution in [3.63, 3.8) is 0 Å². The van der Waals surface area contributed by atoms with E-state index in [0.29, 0.717) is 19.1 Å². The van der Waals surface area contributed by atoms with Gasteiger partial charge in [0.15, 0.2) is 0 Å². The second kappa shape index (κ2) is 9.38. The van der Waals surface area contributed by atoms with E-state index >= 15 is 0 Å². The fourth-order valence-electron chi connectivity index (χ4n) is 3.94. The Morgan fingerprint density at radius 2 is 2.03 bits per heavy atom. The van der Waals surface area contributed by atoms with Crippen molar-refractivity contribution in [3.8, 4) is 5.88 Å². The van der Waals surface area contributed by atoms with Crippen LogP contribution in [0.4, 0.5) is 5.82 Å². The van der Waals surface area contributed by atoms with E-state index in [2.05, 4.69) is 14.9 Å². The minimum atomic E-state index is -0.0377. The lowest BCUT2D eigenvalue weighted by molar-refractivity contribution is -0.122. The molecule has 4 rings (SSSR count). The van der Waals surface area contributed by atoms with E-state index < -0.39 is 0 Å². The second-order valence-corrected chi connectivity index (χ2v) is 8.09. The summed E-state index contributed by atoms with van der Waals surface area (Å²) in [5, 5.41) is 0.920. The van der Waals surface area contributed by atoms with Gasteiger partial charge in [0, 0.05) is 45.4 Å². The van der Waals surface area contributed by atoms with Crippen molar-refractivity contribution >= 4 is 29.0 Å². The molecule has 1 amide bonds. The molecule has 3 heterocycles. The first-order valence-electron chi connectivity index (χ1n) is 10.6. The lowest BCUT2D eigenvalue weighted by Gasteiger charge is -2.30. The smallest absolute Gasteiger partial charge is 0.250 e. The van der Waals surface area contributed by atoms with Crippen LogP contribution < -0.4 is 9.64 Å². The maximum absolute atomic E-state index is 12.3. The largest absolute Gasteiger partial charge is 0.474 e. The molecule has 0 N–H and O–H groups in total. The first-order chi connectivity index (χ1) is 14.6. The molecular formula is C22H29N5O3. The molecule has 2 aromatic heterocycles. The Hall–Kier alpha value is -2.74. The minimum Gasteiger partial charge on any atom is -0.474 e. The molecule has 1 saturated heterocycles. The predicted molar refractivity (Wildman–Crippen MR) is 116 cm³/mol. The molecule has 2 fully saturated rings. The zero-order valence-electron chi connectivity index (χ0n) is 17.7. The van der Waals surface area contributed by atoms with Crippen LogP contribution in [0.3, 0.4) is 0 Å². The lowest BCUT2D eigenvalue weighted by Crippen LogP contribution is -2.36. The van der Waals surface area contributed by atoms with Crippen molar-refractivity contribution in [1.82, 2.24) is 14.9 Å². The first kappa shape index (κ1) is 20.5. The van der Waals surface area contributed by atoms with Crippen LogP contribution in [0.25, 0.3) is 10.9 Å². The summed E-state index contributed by atoms with van der Waals surface area (Å²) in [5.74, 6) is 1.44. The van der Waals surface area contributed by atoms with Gasteiger partial charge in [0.05, 0.1) is 30.5 Å². The number of amides is 1. The molecule has 0 radical (unpaired) electrons. The van der Waals surface area contributed by atoms with Crippen molar-refractivity contribution in [1.29, 1.82) is 0 Å². The highest BCUT2D eigenvalue weighted by Gasteiger charge is 2.28. The Labute approximate surface area is 176 Å². The van der Waals surface area contributed by atoms with Gasteiger partial charge >= 0.3 is 0 Å². The molecule has 1 aliphatic heterocycles. The van der Waals surface area contributed by atoms with Gasteiger partial charge in [-0.1, -0.05) is 0 Å². The van der Waals surface area contributed by atoms with Crippen LogP contribution in [0.2, 0.25) is 0 Å². The van der Waals surface area contributed by atoms with Crippen molar-refractivity contribution in [2.75, 3.05) is 45.3 Å². The summed E-state index contributed by atoms with van der Waals surface area (Å²) in [4.78, 5) is 29.6. The first-order valence-corrected chi connectivity index (χ1v) is 10.6. The van der Waals surface area contributed by atoms with Gasteiger partial charge in [-0.05, 0) is 37.8 Å². The molecule has 0 atom stereocenters. The van der Waals surface area contributed by atoms with Crippen LogP contribution in [0, 0.1) is 5.92 Å².